The minimum absolute atomic E-state index is 0.132. The highest BCUT2D eigenvalue weighted by molar-refractivity contribution is 5.88. The summed E-state index contributed by atoms with van der Waals surface area (Å²) in [6.45, 7) is 5.97. The molecule has 0 radical (unpaired) electrons. The highest BCUT2D eigenvalue weighted by Gasteiger charge is 2.36. The van der Waals surface area contributed by atoms with E-state index in [0.717, 1.165) is 5.56 Å². The topological polar surface area (TPSA) is 55.8 Å². The van der Waals surface area contributed by atoms with E-state index in [0.29, 0.717) is 12.2 Å². The van der Waals surface area contributed by atoms with Crippen molar-refractivity contribution in [2.45, 2.75) is 32.9 Å². The van der Waals surface area contributed by atoms with E-state index >= 15 is 0 Å². The molecule has 22 heavy (non-hydrogen) atoms. The molecular formula is C17H21NO4. The summed E-state index contributed by atoms with van der Waals surface area (Å²) in [6.07, 6.45) is 1.37. The fourth-order valence-electron chi connectivity index (χ4n) is 2.51. The van der Waals surface area contributed by atoms with Crippen LogP contribution in [0.1, 0.15) is 32.4 Å². The largest absolute Gasteiger partial charge is 0.463 e. The van der Waals surface area contributed by atoms with Gasteiger partial charge in [-0.05, 0) is 32.4 Å². The van der Waals surface area contributed by atoms with Crippen molar-refractivity contribution in [2.75, 3.05) is 13.2 Å². The molecule has 1 aromatic carbocycles. The van der Waals surface area contributed by atoms with Crippen LogP contribution in [0.25, 0.3) is 0 Å². The molecule has 1 aliphatic heterocycles. The van der Waals surface area contributed by atoms with Crippen molar-refractivity contribution in [3.05, 3.63) is 47.5 Å². The average Bonchev–Trinajstić information content (AvgIpc) is 2.88. The Morgan fingerprint density at radius 1 is 1.45 bits per heavy atom. The highest BCUT2D eigenvalue weighted by atomic mass is 16.6. The smallest absolute Gasteiger partial charge is 0.410 e. The summed E-state index contributed by atoms with van der Waals surface area (Å²) in [5.74, 6) is -0.367. The first kappa shape index (κ1) is 16.1. The number of ether oxygens (including phenoxy) is 2. The van der Waals surface area contributed by atoms with Gasteiger partial charge in [0.2, 0.25) is 0 Å². The van der Waals surface area contributed by atoms with Crippen molar-refractivity contribution in [3.8, 4) is 0 Å². The van der Waals surface area contributed by atoms with Crippen LogP contribution < -0.4 is 0 Å². The van der Waals surface area contributed by atoms with Gasteiger partial charge in [-0.3, -0.25) is 4.90 Å². The lowest BCUT2D eigenvalue weighted by Gasteiger charge is -2.27. The van der Waals surface area contributed by atoms with Crippen LogP contribution in [0.15, 0.2) is 42.0 Å². The molecule has 0 aromatic heterocycles. The Labute approximate surface area is 130 Å². The second-order valence-electron chi connectivity index (χ2n) is 5.21. The van der Waals surface area contributed by atoms with Gasteiger partial charge >= 0.3 is 12.1 Å². The van der Waals surface area contributed by atoms with Crippen LogP contribution in [0.5, 0.6) is 0 Å². The molecule has 1 aromatic rings. The van der Waals surface area contributed by atoms with Crippen LogP contribution in [-0.2, 0) is 14.3 Å². The first-order valence-corrected chi connectivity index (χ1v) is 7.40. The molecule has 118 valence electrons. The molecule has 0 saturated carbocycles. The zero-order valence-electron chi connectivity index (χ0n) is 13.1. The lowest BCUT2D eigenvalue weighted by molar-refractivity contribution is -0.138. The molecule has 1 fully saturated rings. The Morgan fingerprint density at radius 2 is 2.14 bits per heavy atom. The SMILES string of the molecule is CCOC(=O)/C(C)=C/[C@@H]1COC(=O)N1[C@@H](C)c1ccccc1. The van der Waals surface area contributed by atoms with Gasteiger partial charge in [-0.15, -0.1) is 0 Å². The molecule has 5 nitrogen and oxygen atoms in total. The first-order valence-electron chi connectivity index (χ1n) is 7.40. The van der Waals surface area contributed by atoms with Crippen LogP contribution in [0.4, 0.5) is 4.79 Å². The quantitative estimate of drug-likeness (QED) is 0.619. The Kier molecular flexibility index (Phi) is 5.20. The molecule has 1 aliphatic rings. The summed E-state index contributed by atoms with van der Waals surface area (Å²) in [7, 11) is 0. The van der Waals surface area contributed by atoms with E-state index in [1.807, 2.05) is 37.3 Å². The van der Waals surface area contributed by atoms with Crippen LogP contribution in [-0.4, -0.2) is 36.2 Å². The van der Waals surface area contributed by atoms with Crippen molar-refractivity contribution in [1.82, 2.24) is 4.90 Å². The molecule has 2 rings (SSSR count). The molecule has 0 bridgehead atoms. The molecule has 0 spiro atoms. The molecule has 5 heteroatoms. The van der Waals surface area contributed by atoms with Gasteiger partial charge in [0, 0.05) is 5.57 Å². The number of nitrogens with zero attached hydrogens (tertiary/aromatic N) is 1. The predicted octanol–water partition coefficient (Wildman–Crippen LogP) is 3.08. The number of carbonyl (C=O) groups is 2. The number of hydrogen-bond acceptors (Lipinski definition) is 4. The number of carbonyl (C=O) groups excluding carboxylic acids is 2. The summed E-state index contributed by atoms with van der Waals surface area (Å²) in [5, 5.41) is 0. The van der Waals surface area contributed by atoms with Crippen molar-refractivity contribution in [3.63, 3.8) is 0 Å². The number of cyclic esters (lactones) is 1. The molecule has 1 amide bonds. The zero-order valence-corrected chi connectivity index (χ0v) is 13.1. The van der Waals surface area contributed by atoms with Gasteiger partial charge < -0.3 is 9.47 Å². The van der Waals surface area contributed by atoms with Crippen LogP contribution >= 0.6 is 0 Å². The van der Waals surface area contributed by atoms with E-state index in [2.05, 4.69) is 0 Å². The van der Waals surface area contributed by atoms with Gasteiger partial charge in [0.1, 0.15) is 6.61 Å². The van der Waals surface area contributed by atoms with E-state index in [4.69, 9.17) is 9.47 Å². The van der Waals surface area contributed by atoms with Crippen LogP contribution in [0.2, 0.25) is 0 Å². The second kappa shape index (κ2) is 7.11. The van der Waals surface area contributed by atoms with Crippen molar-refractivity contribution >= 4 is 12.1 Å². The van der Waals surface area contributed by atoms with Crippen molar-refractivity contribution < 1.29 is 19.1 Å². The summed E-state index contributed by atoms with van der Waals surface area (Å²) in [4.78, 5) is 25.4. The molecule has 0 aliphatic carbocycles. The minimum atomic E-state index is -0.367. The lowest BCUT2D eigenvalue weighted by atomic mass is 10.1. The average molecular weight is 303 g/mol. The fourth-order valence-corrected chi connectivity index (χ4v) is 2.51. The van der Waals surface area contributed by atoms with Crippen LogP contribution in [0, 0.1) is 0 Å². The third kappa shape index (κ3) is 3.47. The Balaban J connectivity index is 2.19. The first-order chi connectivity index (χ1) is 10.5. The normalized spacial score (nSPS) is 19.8. The highest BCUT2D eigenvalue weighted by Crippen LogP contribution is 2.28. The third-order valence-corrected chi connectivity index (χ3v) is 3.68. The number of hydrogen-bond donors (Lipinski definition) is 0. The number of benzene rings is 1. The maximum atomic E-state index is 12.0. The standard InChI is InChI=1S/C17H21NO4/c1-4-21-16(19)12(2)10-15-11-22-17(20)18(15)13(3)14-8-6-5-7-9-14/h5-10,13,15H,4,11H2,1-3H3/b12-10+/t13-,15+/m0/s1. The molecule has 2 atom stereocenters. The second-order valence-corrected chi connectivity index (χ2v) is 5.21. The molecular weight excluding hydrogens is 282 g/mol. The van der Waals surface area contributed by atoms with E-state index in [1.54, 1.807) is 24.8 Å². The van der Waals surface area contributed by atoms with E-state index in [1.165, 1.54) is 0 Å². The van der Waals surface area contributed by atoms with E-state index < -0.39 is 0 Å². The zero-order chi connectivity index (χ0) is 16.1. The van der Waals surface area contributed by atoms with Gasteiger partial charge in [-0.25, -0.2) is 9.59 Å². The Hall–Kier alpha value is -2.30. The van der Waals surface area contributed by atoms with Crippen molar-refractivity contribution in [1.29, 1.82) is 0 Å². The summed E-state index contributed by atoms with van der Waals surface area (Å²) in [6, 6.07) is 9.33. The fraction of sp³-hybridized carbons (Fsp3) is 0.412. The number of esters is 1. The molecule has 1 heterocycles. The Morgan fingerprint density at radius 3 is 2.77 bits per heavy atom. The van der Waals surface area contributed by atoms with Gasteiger partial charge in [-0.2, -0.15) is 0 Å². The lowest BCUT2D eigenvalue weighted by Crippen LogP contribution is -2.35. The third-order valence-electron chi connectivity index (χ3n) is 3.68. The van der Waals surface area contributed by atoms with E-state index in [9.17, 15) is 9.59 Å². The van der Waals surface area contributed by atoms with Gasteiger partial charge in [0.05, 0.1) is 18.7 Å². The molecule has 0 N–H and O–H groups in total. The molecule has 1 saturated heterocycles. The summed E-state index contributed by atoms with van der Waals surface area (Å²) < 4.78 is 10.1. The van der Waals surface area contributed by atoms with Gasteiger partial charge in [0.25, 0.3) is 0 Å². The van der Waals surface area contributed by atoms with Crippen molar-refractivity contribution in [2.24, 2.45) is 0 Å². The Bertz CT molecular complexity index is 567. The summed E-state index contributed by atoms with van der Waals surface area (Å²) in [5.41, 5.74) is 1.50. The van der Waals surface area contributed by atoms with Crippen LogP contribution in [0.3, 0.4) is 0 Å². The number of rotatable bonds is 5. The molecule has 0 unspecified atom stereocenters. The predicted molar refractivity (Wildman–Crippen MR) is 82.2 cm³/mol. The maximum absolute atomic E-state index is 12.0. The van der Waals surface area contributed by atoms with Gasteiger partial charge in [0.15, 0.2) is 0 Å². The maximum Gasteiger partial charge on any atom is 0.410 e. The summed E-state index contributed by atoms with van der Waals surface area (Å²) >= 11 is 0. The van der Waals surface area contributed by atoms with E-state index in [-0.39, 0.29) is 30.8 Å². The minimum Gasteiger partial charge on any atom is -0.463 e. The number of amides is 1. The monoisotopic (exact) mass is 303 g/mol. The van der Waals surface area contributed by atoms with Gasteiger partial charge in [-0.1, -0.05) is 30.3 Å².